The molecule has 1 aliphatic rings. The summed E-state index contributed by atoms with van der Waals surface area (Å²) in [7, 11) is 0. The number of nitrogens with one attached hydrogen (secondary N) is 2. The molecule has 2 N–H and O–H groups in total. The molecule has 0 radical (unpaired) electrons. The number of likely N-dealkylation sites (tertiary alicyclic amines) is 1. The van der Waals surface area contributed by atoms with Crippen molar-refractivity contribution >= 4 is 17.9 Å². The van der Waals surface area contributed by atoms with Crippen LogP contribution in [0.15, 0.2) is 24.3 Å². The molecule has 0 aliphatic carbocycles. The Morgan fingerprint density at radius 2 is 1.69 bits per heavy atom. The van der Waals surface area contributed by atoms with Gasteiger partial charge < -0.3 is 14.4 Å². The van der Waals surface area contributed by atoms with Gasteiger partial charge in [-0.25, -0.2) is 9.18 Å². The van der Waals surface area contributed by atoms with Crippen molar-refractivity contribution < 1.29 is 28.2 Å². The molecule has 1 heterocycles. The van der Waals surface area contributed by atoms with Gasteiger partial charge in [0.2, 0.25) is 5.91 Å². The maximum atomic E-state index is 12.9. The third-order valence-electron chi connectivity index (χ3n) is 4.32. The van der Waals surface area contributed by atoms with Crippen LogP contribution in [0.5, 0.6) is 5.75 Å². The standard InChI is InChI=1S/C20H28FN3O5/c1-13(28-16-7-5-15(21)6-8-16)17(25)22-23-18(26)14-9-11-24(12-10-14)19(27)29-20(2,3)4/h5-8,13-14H,9-12H2,1-4H3,(H,22,25)(H,23,26)/t13-/m1/s1. The minimum atomic E-state index is -0.880. The zero-order valence-corrected chi connectivity index (χ0v) is 17.2. The van der Waals surface area contributed by atoms with Gasteiger partial charge in [-0.05, 0) is 64.8 Å². The van der Waals surface area contributed by atoms with Crippen LogP contribution in [0.2, 0.25) is 0 Å². The SMILES string of the molecule is C[C@@H](Oc1ccc(F)cc1)C(=O)NNC(=O)C1CCN(C(=O)OC(C)(C)C)CC1. The van der Waals surface area contributed by atoms with E-state index in [4.69, 9.17) is 9.47 Å². The van der Waals surface area contributed by atoms with Crippen LogP contribution in [0.1, 0.15) is 40.5 Å². The van der Waals surface area contributed by atoms with E-state index >= 15 is 0 Å². The summed E-state index contributed by atoms with van der Waals surface area (Å²) >= 11 is 0. The number of nitrogens with zero attached hydrogens (tertiary/aromatic N) is 1. The molecule has 0 spiro atoms. The van der Waals surface area contributed by atoms with Gasteiger partial charge in [-0.15, -0.1) is 0 Å². The lowest BCUT2D eigenvalue weighted by Crippen LogP contribution is -2.51. The molecule has 160 valence electrons. The van der Waals surface area contributed by atoms with Crippen molar-refractivity contribution in [3.8, 4) is 5.75 Å². The molecule has 0 unspecified atom stereocenters. The van der Waals surface area contributed by atoms with Crippen LogP contribution in [-0.4, -0.2) is 47.6 Å². The lowest BCUT2D eigenvalue weighted by atomic mass is 9.96. The molecule has 1 atom stereocenters. The summed E-state index contributed by atoms with van der Waals surface area (Å²) in [6.45, 7) is 7.73. The average Bonchev–Trinajstić information content (AvgIpc) is 2.66. The first-order chi connectivity index (χ1) is 13.5. The Morgan fingerprint density at radius 3 is 2.24 bits per heavy atom. The van der Waals surface area contributed by atoms with Gasteiger partial charge >= 0.3 is 6.09 Å². The number of carbonyl (C=O) groups excluding carboxylic acids is 3. The lowest BCUT2D eigenvalue weighted by molar-refractivity contribution is -0.135. The van der Waals surface area contributed by atoms with Gasteiger partial charge in [-0.1, -0.05) is 0 Å². The molecule has 0 bridgehead atoms. The molecule has 1 aromatic carbocycles. The summed E-state index contributed by atoms with van der Waals surface area (Å²) in [5.41, 5.74) is 4.16. The fraction of sp³-hybridized carbons (Fsp3) is 0.550. The Bertz CT molecular complexity index is 725. The van der Waals surface area contributed by atoms with E-state index in [9.17, 15) is 18.8 Å². The number of ether oxygens (including phenoxy) is 2. The largest absolute Gasteiger partial charge is 0.481 e. The molecule has 1 aliphatic heterocycles. The summed E-state index contributed by atoms with van der Waals surface area (Å²) in [5.74, 6) is -1.23. The Labute approximate surface area is 169 Å². The first-order valence-electron chi connectivity index (χ1n) is 9.55. The molecule has 9 heteroatoms. The van der Waals surface area contributed by atoms with Gasteiger partial charge in [0.1, 0.15) is 17.2 Å². The van der Waals surface area contributed by atoms with Crippen LogP contribution in [0.4, 0.5) is 9.18 Å². The van der Waals surface area contributed by atoms with E-state index in [0.29, 0.717) is 31.7 Å². The third-order valence-corrected chi connectivity index (χ3v) is 4.32. The van der Waals surface area contributed by atoms with Gasteiger partial charge in [-0.2, -0.15) is 0 Å². The molecular formula is C20H28FN3O5. The molecule has 1 saturated heterocycles. The van der Waals surface area contributed by atoms with Crippen LogP contribution in [-0.2, 0) is 14.3 Å². The van der Waals surface area contributed by atoms with Crippen LogP contribution >= 0.6 is 0 Å². The molecule has 0 aromatic heterocycles. The highest BCUT2D eigenvalue weighted by Gasteiger charge is 2.30. The van der Waals surface area contributed by atoms with Crippen LogP contribution < -0.4 is 15.6 Å². The Balaban J connectivity index is 1.73. The lowest BCUT2D eigenvalue weighted by Gasteiger charge is -2.32. The number of hydrazine groups is 1. The number of rotatable bonds is 4. The van der Waals surface area contributed by atoms with E-state index in [2.05, 4.69) is 10.9 Å². The summed E-state index contributed by atoms with van der Waals surface area (Å²) in [6, 6.07) is 5.28. The summed E-state index contributed by atoms with van der Waals surface area (Å²) in [5, 5.41) is 0. The predicted molar refractivity (Wildman–Crippen MR) is 103 cm³/mol. The number of hydrogen-bond donors (Lipinski definition) is 2. The molecule has 1 fully saturated rings. The number of amides is 3. The van der Waals surface area contributed by atoms with Crippen molar-refractivity contribution in [2.45, 2.75) is 52.2 Å². The summed E-state index contributed by atoms with van der Waals surface area (Å²) in [4.78, 5) is 38.0. The first-order valence-corrected chi connectivity index (χ1v) is 9.55. The van der Waals surface area contributed by atoms with Gasteiger partial charge in [0.05, 0.1) is 0 Å². The summed E-state index contributed by atoms with van der Waals surface area (Å²) in [6.07, 6.45) is -0.322. The van der Waals surface area contributed by atoms with Crippen LogP contribution in [0.25, 0.3) is 0 Å². The highest BCUT2D eigenvalue weighted by atomic mass is 19.1. The second-order valence-corrected chi connectivity index (χ2v) is 7.93. The van der Waals surface area contributed by atoms with E-state index in [1.807, 2.05) is 0 Å². The topological polar surface area (TPSA) is 97.0 Å². The minimum Gasteiger partial charge on any atom is -0.481 e. The van der Waals surface area contributed by atoms with Gasteiger partial charge in [0, 0.05) is 19.0 Å². The number of carbonyl (C=O) groups is 3. The second kappa shape index (κ2) is 9.58. The van der Waals surface area contributed by atoms with Gasteiger partial charge in [0.15, 0.2) is 6.10 Å². The molecule has 3 amide bonds. The molecular weight excluding hydrogens is 381 g/mol. The van der Waals surface area contributed by atoms with E-state index in [1.54, 1.807) is 25.7 Å². The Morgan fingerprint density at radius 1 is 1.10 bits per heavy atom. The summed E-state index contributed by atoms with van der Waals surface area (Å²) < 4.78 is 23.6. The maximum Gasteiger partial charge on any atom is 0.410 e. The fourth-order valence-electron chi connectivity index (χ4n) is 2.75. The smallest absolute Gasteiger partial charge is 0.410 e. The normalized spacial score (nSPS) is 16.0. The average molecular weight is 409 g/mol. The zero-order valence-electron chi connectivity index (χ0n) is 17.2. The number of piperidine rings is 1. The Hall–Kier alpha value is -2.84. The Kier molecular flexibility index (Phi) is 7.41. The molecule has 8 nitrogen and oxygen atoms in total. The molecule has 29 heavy (non-hydrogen) atoms. The van der Waals surface area contributed by atoms with E-state index in [-0.39, 0.29) is 11.8 Å². The highest BCUT2D eigenvalue weighted by molar-refractivity contribution is 5.85. The third kappa shape index (κ3) is 7.24. The van der Waals surface area contributed by atoms with Gasteiger partial charge in [-0.3, -0.25) is 20.4 Å². The van der Waals surface area contributed by atoms with Gasteiger partial charge in [0.25, 0.3) is 5.91 Å². The molecule has 0 saturated carbocycles. The van der Waals surface area contributed by atoms with E-state index in [0.717, 1.165) is 0 Å². The quantitative estimate of drug-likeness (QED) is 0.745. The van der Waals surface area contributed by atoms with Crippen molar-refractivity contribution in [3.63, 3.8) is 0 Å². The minimum absolute atomic E-state index is 0.317. The maximum absolute atomic E-state index is 12.9. The van der Waals surface area contributed by atoms with Crippen molar-refractivity contribution in [2.24, 2.45) is 5.92 Å². The first kappa shape index (κ1) is 22.4. The van der Waals surface area contributed by atoms with E-state index in [1.165, 1.54) is 31.2 Å². The van der Waals surface area contributed by atoms with Crippen LogP contribution in [0, 0.1) is 11.7 Å². The number of halogens is 1. The monoisotopic (exact) mass is 409 g/mol. The van der Waals surface area contributed by atoms with E-state index < -0.39 is 29.5 Å². The van der Waals surface area contributed by atoms with Crippen molar-refractivity contribution in [1.82, 2.24) is 15.8 Å². The van der Waals surface area contributed by atoms with Crippen LogP contribution in [0.3, 0.4) is 0 Å². The van der Waals surface area contributed by atoms with Crippen molar-refractivity contribution in [1.29, 1.82) is 0 Å². The highest BCUT2D eigenvalue weighted by Crippen LogP contribution is 2.19. The van der Waals surface area contributed by atoms with Crippen molar-refractivity contribution in [2.75, 3.05) is 13.1 Å². The predicted octanol–water partition coefficient (Wildman–Crippen LogP) is 2.39. The zero-order chi connectivity index (χ0) is 21.6. The fourth-order valence-corrected chi connectivity index (χ4v) is 2.75. The number of benzene rings is 1. The van der Waals surface area contributed by atoms with Crippen molar-refractivity contribution in [3.05, 3.63) is 30.1 Å². The number of hydrogen-bond acceptors (Lipinski definition) is 5. The molecule has 2 rings (SSSR count). The second-order valence-electron chi connectivity index (χ2n) is 7.93. The molecule has 1 aromatic rings.